The molecule has 2 N–H and O–H groups in total. The summed E-state index contributed by atoms with van der Waals surface area (Å²) in [5, 5.41) is 13.2. The average molecular weight is 291 g/mol. The first-order chi connectivity index (χ1) is 10.3. The van der Waals surface area contributed by atoms with Gasteiger partial charge in [-0.3, -0.25) is 0 Å². The predicted octanol–water partition coefficient (Wildman–Crippen LogP) is 2.92. The lowest BCUT2D eigenvalue weighted by molar-refractivity contribution is -0.0159. The van der Waals surface area contributed by atoms with Crippen molar-refractivity contribution >= 4 is 0 Å². The molecule has 1 fully saturated rings. The molecule has 1 aromatic carbocycles. The summed E-state index contributed by atoms with van der Waals surface area (Å²) in [5.74, 6) is 0. The third-order valence-corrected chi connectivity index (χ3v) is 4.46. The van der Waals surface area contributed by atoms with Gasteiger partial charge in [0.1, 0.15) is 0 Å². The van der Waals surface area contributed by atoms with Crippen LogP contribution in [0.15, 0.2) is 30.3 Å². The molecular formula is C18H29NO2. The molecule has 0 amide bonds. The molecule has 0 radical (unpaired) electrons. The van der Waals surface area contributed by atoms with Gasteiger partial charge in [0.15, 0.2) is 0 Å². The topological polar surface area (TPSA) is 41.5 Å². The molecule has 118 valence electrons. The van der Waals surface area contributed by atoms with E-state index in [-0.39, 0.29) is 12.1 Å². The smallest absolute Gasteiger partial charge is 0.0614 e. The summed E-state index contributed by atoms with van der Waals surface area (Å²) in [6, 6.07) is 10.6. The van der Waals surface area contributed by atoms with Crippen LogP contribution in [-0.4, -0.2) is 36.5 Å². The fourth-order valence-corrected chi connectivity index (χ4v) is 3.36. The van der Waals surface area contributed by atoms with Crippen LogP contribution in [0, 0.1) is 0 Å². The molecule has 0 aliphatic heterocycles. The van der Waals surface area contributed by atoms with Gasteiger partial charge in [-0.05, 0) is 50.6 Å². The lowest BCUT2D eigenvalue weighted by atomic mass is 9.80. The first kappa shape index (κ1) is 16.5. The monoisotopic (exact) mass is 291 g/mol. The second kappa shape index (κ2) is 8.52. The standard InChI is InChI=1S/C18H29NO2/c1-2-19-18(15-20)12-6-11-17(14-18)21-13-7-10-16-8-4-3-5-9-16/h3-5,8-9,17,19-20H,2,6-7,10-15H2,1H3. The van der Waals surface area contributed by atoms with Crippen molar-refractivity contribution in [3.8, 4) is 0 Å². The van der Waals surface area contributed by atoms with Crippen LogP contribution in [0.4, 0.5) is 0 Å². The highest BCUT2D eigenvalue weighted by atomic mass is 16.5. The zero-order chi connectivity index (χ0) is 15.0. The molecule has 21 heavy (non-hydrogen) atoms. The largest absolute Gasteiger partial charge is 0.394 e. The van der Waals surface area contributed by atoms with E-state index in [4.69, 9.17) is 4.74 Å². The number of aryl methyl sites for hydroxylation is 1. The van der Waals surface area contributed by atoms with Gasteiger partial charge in [-0.1, -0.05) is 37.3 Å². The summed E-state index contributed by atoms with van der Waals surface area (Å²) in [5.41, 5.74) is 1.26. The number of hydrogen-bond donors (Lipinski definition) is 2. The Balaban J connectivity index is 1.70. The Bertz CT molecular complexity index is 391. The third-order valence-electron chi connectivity index (χ3n) is 4.46. The van der Waals surface area contributed by atoms with E-state index >= 15 is 0 Å². The molecule has 0 saturated heterocycles. The van der Waals surface area contributed by atoms with Crippen molar-refractivity contribution in [3.63, 3.8) is 0 Å². The van der Waals surface area contributed by atoms with E-state index < -0.39 is 0 Å². The Kier molecular flexibility index (Phi) is 6.68. The number of aliphatic hydroxyl groups excluding tert-OH is 1. The van der Waals surface area contributed by atoms with Crippen LogP contribution in [0.1, 0.15) is 44.6 Å². The number of rotatable bonds is 8. The maximum absolute atomic E-state index is 9.69. The van der Waals surface area contributed by atoms with E-state index in [1.807, 2.05) is 0 Å². The maximum atomic E-state index is 9.69. The Morgan fingerprint density at radius 1 is 1.33 bits per heavy atom. The molecule has 1 aliphatic rings. The van der Waals surface area contributed by atoms with Gasteiger partial charge in [0.2, 0.25) is 0 Å². The zero-order valence-corrected chi connectivity index (χ0v) is 13.2. The van der Waals surface area contributed by atoms with Gasteiger partial charge in [-0.2, -0.15) is 0 Å². The van der Waals surface area contributed by atoms with Gasteiger partial charge in [0.05, 0.1) is 12.7 Å². The average Bonchev–Trinajstić information content (AvgIpc) is 2.53. The SMILES string of the molecule is CCNC1(CO)CCCC(OCCCc2ccccc2)C1. The molecule has 2 atom stereocenters. The van der Waals surface area contributed by atoms with Crippen LogP contribution < -0.4 is 5.32 Å². The minimum Gasteiger partial charge on any atom is -0.394 e. The van der Waals surface area contributed by atoms with Crippen molar-refractivity contribution in [1.29, 1.82) is 0 Å². The Morgan fingerprint density at radius 3 is 2.86 bits per heavy atom. The lowest BCUT2D eigenvalue weighted by Crippen LogP contribution is -2.53. The lowest BCUT2D eigenvalue weighted by Gasteiger charge is -2.40. The number of nitrogens with one attached hydrogen (secondary N) is 1. The van der Waals surface area contributed by atoms with Crippen LogP contribution in [0.3, 0.4) is 0 Å². The Morgan fingerprint density at radius 2 is 2.14 bits per heavy atom. The Labute approximate surface area is 128 Å². The van der Waals surface area contributed by atoms with E-state index in [2.05, 4.69) is 42.6 Å². The van der Waals surface area contributed by atoms with E-state index in [1.165, 1.54) is 5.56 Å². The van der Waals surface area contributed by atoms with Gasteiger partial charge in [0, 0.05) is 12.1 Å². The fraction of sp³-hybridized carbons (Fsp3) is 0.667. The Hall–Kier alpha value is -0.900. The minimum atomic E-state index is -0.114. The molecule has 0 heterocycles. The fourth-order valence-electron chi connectivity index (χ4n) is 3.36. The summed E-state index contributed by atoms with van der Waals surface area (Å²) in [7, 11) is 0. The summed E-state index contributed by atoms with van der Waals surface area (Å²) < 4.78 is 6.06. The highest BCUT2D eigenvalue weighted by Crippen LogP contribution is 2.30. The van der Waals surface area contributed by atoms with Crippen LogP contribution in [-0.2, 0) is 11.2 Å². The van der Waals surface area contributed by atoms with E-state index in [9.17, 15) is 5.11 Å². The molecule has 0 bridgehead atoms. The normalized spacial score (nSPS) is 25.9. The molecule has 1 aliphatic carbocycles. The van der Waals surface area contributed by atoms with E-state index in [0.29, 0.717) is 6.10 Å². The number of ether oxygens (including phenoxy) is 1. The van der Waals surface area contributed by atoms with Gasteiger partial charge in [-0.15, -0.1) is 0 Å². The maximum Gasteiger partial charge on any atom is 0.0614 e. The first-order valence-corrected chi connectivity index (χ1v) is 8.29. The second-order valence-corrected chi connectivity index (χ2v) is 6.15. The highest BCUT2D eigenvalue weighted by Gasteiger charge is 2.35. The predicted molar refractivity (Wildman–Crippen MR) is 86.5 cm³/mol. The number of likely N-dealkylation sites (N-methyl/N-ethyl adjacent to an activating group) is 1. The molecule has 3 nitrogen and oxygen atoms in total. The van der Waals surface area contributed by atoms with Crippen molar-refractivity contribution in [2.24, 2.45) is 0 Å². The first-order valence-electron chi connectivity index (χ1n) is 8.29. The molecule has 2 unspecified atom stereocenters. The van der Waals surface area contributed by atoms with Gasteiger partial charge < -0.3 is 15.2 Å². The number of hydrogen-bond acceptors (Lipinski definition) is 3. The van der Waals surface area contributed by atoms with Crippen LogP contribution >= 0.6 is 0 Å². The molecule has 3 heteroatoms. The van der Waals surface area contributed by atoms with Crippen molar-refractivity contribution < 1.29 is 9.84 Å². The summed E-state index contributed by atoms with van der Waals surface area (Å²) in [6.45, 7) is 4.03. The molecule has 2 rings (SSSR count). The molecule has 0 aromatic heterocycles. The van der Waals surface area contributed by atoms with Crippen molar-refractivity contribution in [2.75, 3.05) is 19.8 Å². The van der Waals surface area contributed by atoms with E-state index in [1.54, 1.807) is 0 Å². The second-order valence-electron chi connectivity index (χ2n) is 6.15. The molecule has 0 spiro atoms. The zero-order valence-electron chi connectivity index (χ0n) is 13.2. The number of aliphatic hydroxyl groups is 1. The highest BCUT2D eigenvalue weighted by molar-refractivity contribution is 5.14. The van der Waals surface area contributed by atoms with Gasteiger partial charge >= 0.3 is 0 Å². The molecule has 1 aromatic rings. The summed E-state index contributed by atoms with van der Waals surface area (Å²) in [6.07, 6.45) is 6.68. The van der Waals surface area contributed by atoms with Crippen LogP contribution in [0.5, 0.6) is 0 Å². The van der Waals surface area contributed by atoms with Crippen LogP contribution in [0.25, 0.3) is 0 Å². The summed E-state index contributed by atoms with van der Waals surface area (Å²) in [4.78, 5) is 0. The quantitative estimate of drug-likeness (QED) is 0.724. The van der Waals surface area contributed by atoms with Crippen molar-refractivity contribution in [3.05, 3.63) is 35.9 Å². The minimum absolute atomic E-state index is 0.114. The number of benzene rings is 1. The van der Waals surface area contributed by atoms with Gasteiger partial charge in [-0.25, -0.2) is 0 Å². The van der Waals surface area contributed by atoms with Crippen molar-refractivity contribution in [2.45, 2.75) is 57.1 Å². The van der Waals surface area contributed by atoms with Crippen LogP contribution in [0.2, 0.25) is 0 Å². The van der Waals surface area contributed by atoms with Gasteiger partial charge in [0.25, 0.3) is 0 Å². The van der Waals surface area contributed by atoms with E-state index in [0.717, 1.165) is 51.7 Å². The summed E-state index contributed by atoms with van der Waals surface area (Å²) >= 11 is 0. The molecular weight excluding hydrogens is 262 g/mol. The van der Waals surface area contributed by atoms with Crippen molar-refractivity contribution in [1.82, 2.24) is 5.32 Å². The molecule has 1 saturated carbocycles. The third kappa shape index (κ3) is 5.10.